The molecule has 0 aliphatic carbocycles. The molecule has 10 heteroatoms. The first-order valence-corrected chi connectivity index (χ1v) is 15.1. The van der Waals surface area contributed by atoms with E-state index in [1.54, 1.807) is 0 Å². The highest BCUT2D eigenvalue weighted by atomic mass is 32.2. The third kappa shape index (κ3) is 10.2. The molecule has 0 heterocycles. The van der Waals surface area contributed by atoms with Crippen molar-refractivity contribution in [3.05, 3.63) is 91.0 Å². The van der Waals surface area contributed by atoms with Gasteiger partial charge in [0.1, 0.15) is 17.2 Å². The summed E-state index contributed by atoms with van der Waals surface area (Å²) in [5.74, 6) is -0.0538. The monoisotopic (exact) mass is 594 g/mol. The number of hydrogen-bond donors (Lipinski definition) is 0. The van der Waals surface area contributed by atoms with Crippen LogP contribution in [0.25, 0.3) is 0 Å². The molecule has 42 heavy (non-hydrogen) atoms. The fourth-order valence-electron chi connectivity index (χ4n) is 3.70. The van der Waals surface area contributed by atoms with Gasteiger partial charge >= 0.3 is 17.9 Å². The second-order valence-corrected chi connectivity index (χ2v) is 11.2. The normalized spacial score (nSPS) is 10.9. The molecule has 222 valence electrons. The van der Waals surface area contributed by atoms with Gasteiger partial charge in [-0.25, -0.2) is 13.2 Å². The molecule has 3 aromatic rings. The zero-order valence-electron chi connectivity index (χ0n) is 23.5. The fourth-order valence-corrected chi connectivity index (χ4v) is 4.96. The highest BCUT2D eigenvalue weighted by molar-refractivity contribution is 7.91. The Morgan fingerprint density at radius 2 is 1.21 bits per heavy atom. The lowest BCUT2D eigenvalue weighted by molar-refractivity contribution is -0.138. The third-order valence-electron chi connectivity index (χ3n) is 5.95. The van der Waals surface area contributed by atoms with Crippen LogP contribution in [0.15, 0.2) is 95.2 Å². The van der Waals surface area contributed by atoms with Crippen LogP contribution < -0.4 is 14.2 Å². The maximum absolute atomic E-state index is 13.0. The first-order chi connectivity index (χ1) is 20.2. The largest absolute Gasteiger partial charge is 0.494 e. The third-order valence-corrected chi connectivity index (χ3v) is 7.73. The van der Waals surface area contributed by atoms with Crippen molar-refractivity contribution in [1.29, 1.82) is 0 Å². The van der Waals surface area contributed by atoms with Crippen molar-refractivity contribution in [3.63, 3.8) is 0 Å². The summed E-state index contributed by atoms with van der Waals surface area (Å²) < 4.78 is 47.1. The maximum Gasteiger partial charge on any atom is 0.330 e. The van der Waals surface area contributed by atoms with E-state index >= 15 is 0 Å². The van der Waals surface area contributed by atoms with Crippen LogP contribution in [0, 0.1) is 0 Å². The van der Waals surface area contributed by atoms with E-state index < -0.39 is 21.8 Å². The van der Waals surface area contributed by atoms with Crippen molar-refractivity contribution in [2.24, 2.45) is 0 Å². The summed E-state index contributed by atoms with van der Waals surface area (Å²) in [5, 5.41) is 0. The minimum absolute atomic E-state index is 0.0384. The van der Waals surface area contributed by atoms with Gasteiger partial charge in [-0.3, -0.25) is 9.59 Å². The summed E-state index contributed by atoms with van der Waals surface area (Å²) >= 11 is 0. The Bertz CT molecular complexity index is 1440. The molecule has 0 N–H and O–H groups in total. The van der Waals surface area contributed by atoms with Crippen LogP contribution in [-0.2, 0) is 35.4 Å². The molecule has 0 bridgehead atoms. The molecule has 0 radical (unpaired) electrons. The molecule has 0 amide bonds. The van der Waals surface area contributed by atoms with Gasteiger partial charge < -0.3 is 18.9 Å². The number of sulfone groups is 1. The number of rotatable bonds is 16. The Hall–Kier alpha value is -4.44. The summed E-state index contributed by atoms with van der Waals surface area (Å²) in [5.41, 5.74) is 0.934. The molecule has 0 saturated heterocycles. The van der Waals surface area contributed by atoms with E-state index in [9.17, 15) is 22.8 Å². The van der Waals surface area contributed by atoms with Gasteiger partial charge in [-0.2, -0.15) is 0 Å². The molecule has 0 unspecified atom stereocenters. The average Bonchev–Trinajstić information content (AvgIpc) is 2.99. The number of aryl methyl sites for hydroxylation is 1. The summed E-state index contributed by atoms with van der Waals surface area (Å²) in [6, 6.07) is 18.6. The Labute approximate surface area is 246 Å². The van der Waals surface area contributed by atoms with Crippen molar-refractivity contribution >= 4 is 27.7 Å². The van der Waals surface area contributed by atoms with Gasteiger partial charge in [0.15, 0.2) is 0 Å². The van der Waals surface area contributed by atoms with E-state index in [1.807, 2.05) is 31.2 Å². The molecular weight excluding hydrogens is 560 g/mol. The minimum atomic E-state index is -3.82. The van der Waals surface area contributed by atoms with Crippen molar-refractivity contribution < 1.29 is 41.7 Å². The quantitative estimate of drug-likeness (QED) is 0.0896. The Balaban J connectivity index is 1.43. The van der Waals surface area contributed by atoms with Crippen molar-refractivity contribution in [3.8, 4) is 17.2 Å². The van der Waals surface area contributed by atoms with Gasteiger partial charge in [0.05, 0.1) is 23.0 Å². The maximum atomic E-state index is 13.0. The molecular formula is C32H34O9S. The van der Waals surface area contributed by atoms with E-state index in [4.69, 9.17) is 18.9 Å². The molecule has 3 rings (SSSR count). The smallest absolute Gasteiger partial charge is 0.330 e. The molecule has 0 saturated carbocycles. The average molecular weight is 595 g/mol. The van der Waals surface area contributed by atoms with Gasteiger partial charge in [-0.05, 0) is 91.9 Å². The molecule has 0 aliphatic heterocycles. The Morgan fingerprint density at radius 3 is 1.74 bits per heavy atom. The second-order valence-electron chi connectivity index (χ2n) is 9.22. The van der Waals surface area contributed by atoms with Crippen LogP contribution in [0.3, 0.4) is 0 Å². The van der Waals surface area contributed by atoms with Gasteiger partial charge in [0.2, 0.25) is 9.84 Å². The number of carbonyl (C=O) groups is 3. The number of esters is 3. The predicted molar refractivity (Wildman–Crippen MR) is 155 cm³/mol. The highest BCUT2D eigenvalue weighted by Gasteiger charge is 2.18. The van der Waals surface area contributed by atoms with Crippen LogP contribution >= 0.6 is 0 Å². The lowest BCUT2D eigenvalue weighted by Crippen LogP contribution is -2.09. The lowest BCUT2D eigenvalue weighted by Gasteiger charge is -2.09. The standard InChI is InChI=1S/C32H34O9S/c1-3-7-31(34)40-26-13-17-28(18-14-26)42(36,37)29-19-15-27(16-20-29)41-32(35)21-10-24-8-11-25(12-9-24)38-22-5-6-23-39-30(33)4-2/h4,8-9,11-20H,2-3,5-7,10,21-23H2,1H3. The van der Waals surface area contributed by atoms with Gasteiger partial charge in [-0.1, -0.05) is 25.6 Å². The molecule has 0 spiro atoms. The lowest BCUT2D eigenvalue weighted by atomic mass is 10.1. The van der Waals surface area contributed by atoms with E-state index in [-0.39, 0.29) is 40.1 Å². The van der Waals surface area contributed by atoms with Gasteiger partial charge in [0, 0.05) is 18.9 Å². The molecule has 0 aromatic heterocycles. The van der Waals surface area contributed by atoms with Gasteiger partial charge in [-0.15, -0.1) is 0 Å². The molecule has 0 aliphatic rings. The highest BCUT2D eigenvalue weighted by Crippen LogP contribution is 2.25. The van der Waals surface area contributed by atoms with Crippen LogP contribution in [-0.4, -0.2) is 39.5 Å². The van der Waals surface area contributed by atoms with Gasteiger partial charge in [0.25, 0.3) is 0 Å². The molecule has 0 fully saturated rings. The summed E-state index contributed by atoms with van der Waals surface area (Å²) in [7, 11) is -3.82. The van der Waals surface area contributed by atoms with E-state index in [2.05, 4.69) is 6.58 Å². The second kappa shape index (κ2) is 16.1. The van der Waals surface area contributed by atoms with E-state index in [1.165, 1.54) is 48.5 Å². The van der Waals surface area contributed by atoms with E-state index in [0.29, 0.717) is 38.2 Å². The predicted octanol–water partition coefficient (Wildman–Crippen LogP) is 5.65. The van der Waals surface area contributed by atoms with Crippen LogP contribution in [0.2, 0.25) is 0 Å². The van der Waals surface area contributed by atoms with Crippen LogP contribution in [0.5, 0.6) is 17.2 Å². The SMILES string of the molecule is C=CC(=O)OCCCCOc1ccc(CCC(=O)Oc2ccc(S(=O)(=O)c3ccc(OC(=O)CCC)cc3)cc2)cc1. The van der Waals surface area contributed by atoms with E-state index in [0.717, 1.165) is 18.1 Å². The first-order valence-electron chi connectivity index (χ1n) is 13.6. The fraction of sp³-hybridized carbons (Fsp3) is 0.281. The molecule has 0 atom stereocenters. The minimum Gasteiger partial charge on any atom is -0.494 e. The van der Waals surface area contributed by atoms with Crippen LogP contribution in [0.4, 0.5) is 0 Å². The first kappa shape index (κ1) is 32.1. The van der Waals surface area contributed by atoms with Crippen LogP contribution in [0.1, 0.15) is 44.6 Å². The zero-order chi connectivity index (χ0) is 30.4. The van der Waals surface area contributed by atoms with Crippen molar-refractivity contribution in [1.82, 2.24) is 0 Å². The summed E-state index contributed by atoms with van der Waals surface area (Å²) in [6.07, 6.45) is 4.08. The number of ether oxygens (including phenoxy) is 4. The topological polar surface area (TPSA) is 122 Å². The molecule has 3 aromatic carbocycles. The zero-order valence-corrected chi connectivity index (χ0v) is 24.3. The number of hydrogen-bond acceptors (Lipinski definition) is 9. The summed E-state index contributed by atoms with van der Waals surface area (Å²) in [6.45, 7) is 6.01. The Morgan fingerprint density at radius 1 is 0.714 bits per heavy atom. The summed E-state index contributed by atoms with van der Waals surface area (Å²) in [4.78, 5) is 35.1. The number of unbranched alkanes of at least 4 members (excludes halogenated alkanes) is 1. The van der Waals surface area contributed by atoms with Crippen molar-refractivity contribution in [2.45, 2.75) is 55.2 Å². The Kier molecular flexibility index (Phi) is 12.3. The number of carbonyl (C=O) groups excluding carboxylic acids is 3. The van der Waals surface area contributed by atoms with Crippen molar-refractivity contribution in [2.75, 3.05) is 13.2 Å². The number of benzene rings is 3. The molecule has 9 nitrogen and oxygen atoms in total.